The van der Waals surface area contributed by atoms with Gasteiger partial charge in [-0.25, -0.2) is 4.98 Å². The molecule has 4 nitrogen and oxygen atoms in total. The molecule has 4 aromatic heterocycles. The van der Waals surface area contributed by atoms with E-state index in [1.807, 2.05) is 42.6 Å². The van der Waals surface area contributed by atoms with Crippen LogP contribution in [0.4, 0.5) is 0 Å². The number of hydrogen-bond donors (Lipinski definition) is 0. The number of benzene rings is 5. The Morgan fingerprint density at radius 3 is 1.95 bits per heavy atom. The fourth-order valence-electron chi connectivity index (χ4n) is 7.32. The SMILES string of the molecule is CC1(C)c2cc(-c3ccc4oc5cc6c(cc5c4c3)oc3ccccc36)ccc2-c2ccc(-c3cn4ccccc4n3)cc21. The molecule has 0 saturated heterocycles. The number of para-hydroxylation sites is 1. The molecule has 0 atom stereocenters. The zero-order chi connectivity index (χ0) is 29.2. The number of furan rings is 2. The fraction of sp³-hybridized carbons (Fsp3) is 0.0750. The van der Waals surface area contributed by atoms with Gasteiger partial charge in [0, 0.05) is 44.9 Å². The molecule has 4 heteroatoms. The van der Waals surface area contributed by atoms with Crippen molar-refractivity contribution in [2.75, 3.05) is 0 Å². The number of pyridine rings is 1. The first-order valence-corrected chi connectivity index (χ1v) is 15.0. The molecule has 0 amide bonds. The number of nitrogens with zero attached hydrogens (tertiary/aromatic N) is 2. The third-order valence-corrected chi connectivity index (χ3v) is 9.64. The maximum absolute atomic E-state index is 6.34. The summed E-state index contributed by atoms with van der Waals surface area (Å²) in [5.74, 6) is 0. The van der Waals surface area contributed by atoms with E-state index in [1.54, 1.807) is 0 Å². The zero-order valence-corrected chi connectivity index (χ0v) is 24.3. The molecule has 0 spiro atoms. The predicted octanol–water partition coefficient (Wildman–Crippen LogP) is 10.8. The van der Waals surface area contributed by atoms with Gasteiger partial charge in [-0.15, -0.1) is 0 Å². The van der Waals surface area contributed by atoms with Crippen LogP contribution in [0.2, 0.25) is 0 Å². The van der Waals surface area contributed by atoms with E-state index in [2.05, 4.69) is 97.2 Å². The van der Waals surface area contributed by atoms with Gasteiger partial charge in [-0.1, -0.05) is 68.4 Å². The van der Waals surface area contributed by atoms with Crippen molar-refractivity contribution < 1.29 is 8.83 Å². The maximum Gasteiger partial charge on any atom is 0.137 e. The molecule has 0 saturated carbocycles. The maximum atomic E-state index is 6.34. The van der Waals surface area contributed by atoms with E-state index in [0.29, 0.717) is 0 Å². The minimum atomic E-state index is -0.144. The molecule has 10 rings (SSSR count). The summed E-state index contributed by atoms with van der Waals surface area (Å²) in [7, 11) is 0. The fourth-order valence-corrected chi connectivity index (χ4v) is 7.32. The first kappa shape index (κ1) is 23.9. The van der Waals surface area contributed by atoms with Gasteiger partial charge >= 0.3 is 0 Å². The molecular formula is C40H26N2O2. The Balaban J connectivity index is 1.07. The first-order chi connectivity index (χ1) is 21.5. The summed E-state index contributed by atoms with van der Waals surface area (Å²) in [6.07, 6.45) is 4.16. The summed E-state index contributed by atoms with van der Waals surface area (Å²) >= 11 is 0. The molecule has 1 aliphatic rings. The highest BCUT2D eigenvalue weighted by Crippen LogP contribution is 2.51. The van der Waals surface area contributed by atoms with Crippen LogP contribution in [0.15, 0.2) is 130 Å². The van der Waals surface area contributed by atoms with Crippen LogP contribution >= 0.6 is 0 Å². The third-order valence-electron chi connectivity index (χ3n) is 9.64. The lowest BCUT2D eigenvalue weighted by Gasteiger charge is -2.22. The molecule has 44 heavy (non-hydrogen) atoms. The van der Waals surface area contributed by atoms with Crippen molar-refractivity contribution in [2.45, 2.75) is 19.3 Å². The number of rotatable bonds is 2. The van der Waals surface area contributed by atoms with Crippen molar-refractivity contribution in [1.82, 2.24) is 9.38 Å². The Bertz CT molecular complexity index is 2610. The van der Waals surface area contributed by atoms with E-state index >= 15 is 0 Å². The largest absolute Gasteiger partial charge is 0.456 e. The van der Waals surface area contributed by atoms with Gasteiger partial charge in [0.15, 0.2) is 0 Å². The third kappa shape index (κ3) is 3.20. The molecule has 5 aromatic carbocycles. The highest BCUT2D eigenvalue weighted by Gasteiger charge is 2.36. The molecule has 0 N–H and O–H groups in total. The van der Waals surface area contributed by atoms with Crippen LogP contribution in [0, 0.1) is 0 Å². The van der Waals surface area contributed by atoms with E-state index < -0.39 is 0 Å². The van der Waals surface area contributed by atoms with Crippen molar-refractivity contribution >= 4 is 49.5 Å². The van der Waals surface area contributed by atoms with E-state index in [-0.39, 0.29) is 5.41 Å². The quantitative estimate of drug-likeness (QED) is 0.209. The monoisotopic (exact) mass is 566 g/mol. The van der Waals surface area contributed by atoms with Gasteiger partial charge in [0.2, 0.25) is 0 Å². The summed E-state index contributed by atoms with van der Waals surface area (Å²) in [4.78, 5) is 4.88. The van der Waals surface area contributed by atoms with Crippen molar-refractivity contribution in [3.63, 3.8) is 0 Å². The van der Waals surface area contributed by atoms with E-state index in [0.717, 1.165) is 60.8 Å². The molecule has 0 unspecified atom stereocenters. The predicted molar refractivity (Wildman–Crippen MR) is 178 cm³/mol. The van der Waals surface area contributed by atoms with Crippen molar-refractivity contribution in [3.8, 4) is 33.5 Å². The minimum absolute atomic E-state index is 0.144. The second kappa shape index (κ2) is 8.27. The number of hydrogen-bond acceptors (Lipinski definition) is 3. The van der Waals surface area contributed by atoms with Crippen LogP contribution in [0.25, 0.3) is 83.0 Å². The van der Waals surface area contributed by atoms with Crippen molar-refractivity contribution in [2.24, 2.45) is 0 Å². The molecule has 4 heterocycles. The van der Waals surface area contributed by atoms with Crippen LogP contribution in [0.3, 0.4) is 0 Å². The van der Waals surface area contributed by atoms with Gasteiger partial charge in [-0.2, -0.15) is 0 Å². The average molecular weight is 567 g/mol. The van der Waals surface area contributed by atoms with E-state index in [1.165, 1.54) is 33.4 Å². The molecule has 1 aliphatic carbocycles. The number of fused-ring (bicyclic) bond motifs is 10. The van der Waals surface area contributed by atoms with Gasteiger partial charge in [-0.3, -0.25) is 0 Å². The standard InChI is InChI=1S/C40H26N2O2/c1-40(2)32-18-24(10-13-26(32)27-14-11-25(19-33(27)40)34-22-42-16-6-5-9-39(42)41-34)23-12-15-36-29(17-23)31-21-37-30(20-38(31)44-36)28-7-3-4-8-35(28)43-37/h3-22H,1-2H3. The molecule has 9 aromatic rings. The number of aromatic nitrogens is 2. The Hall–Kier alpha value is -5.61. The van der Waals surface area contributed by atoms with Crippen LogP contribution in [-0.2, 0) is 5.41 Å². The Morgan fingerprint density at radius 1 is 0.545 bits per heavy atom. The second-order valence-electron chi connectivity index (χ2n) is 12.5. The summed E-state index contributed by atoms with van der Waals surface area (Å²) in [5, 5.41) is 4.36. The van der Waals surface area contributed by atoms with Gasteiger partial charge in [0.25, 0.3) is 0 Å². The molecule has 0 bridgehead atoms. The lowest BCUT2D eigenvalue weighted by Crippen LogP contribution is -2.15. The van der Waals surface area contributed by atoms with Crippen LogP contribution in [0.5, 0.6) is 0 Å². The Morgan fingerprint density at radius 2 is 1.16 bits per heavy atom. The second-order valence-corrected chi connectivity index (χ2v) is 12.5. The Labute approximate surface area is 252 Å². The van der Waals surface area contributed by atoms with Crippen LogP contribution in [0.1, 0.15) is 25.0 Å². The molecule has 208 valence electrons. The van der Waals surface area contributed by atoms with E-state index in [4.69, 9.17) is 13.8 Å². The summed E-state index contributed by atoms with van der Waals surface area (Å²) in [6.45, 7) is 4.67. The van der Waals surface area contributed by atoms with Gasteiger partial charge in [-0.05, 0) is 88.0 Å². The smallest absolute Gasteiger partial charge is 0.137 e. The molecular weight excluding hydrogens is 540 g/mol. The summed E-state index contributed by atoms with van der Waals surface area (Å²) in [5.41, 5.74) is 14.1. The minimum Gasteiger partial charge on any atom is -0.456 e. The van der Waals surface area contributed by atoms with E-state index in [9.17, 15) is 0 Å². The summed E-state index contributed by atoms with van der Waals surface area (Å²) in [6, 6.07) is 38.8. The van der Waals surface area contributed by atoms with Crippen molar-refractivity contribution in [1.29, 1.82) is 0 Å². The highest BCUT2D eigenvalue weighted by molar-refractivity contribution is 6.15. The summed E-state index contributed by atoms with van der Waals surface area (Å²) < 4.78 is 14.6. The van der Waals surface area contributed by atoms with Gasteiger partial charge in [0.1, 0.15) is 28.0 Å². The van der Waals surface area contributed by atoms with Gasteiger partial charge < -0.3 is 13.2 Å². The molecule has 0 fully saturated rings. The van der Waals surface area contributed by atoms with Gasteiger partial charge in [0.05, 0.1) is 5.69 Å². The normalized spacial score (nSPS) is 13.9. The highest BCUT2D eigenvalue weighted by atomic mass is 16.3. The topological polar surface area (TPSA) is 43.6 Å². The van der Waals surface area contributed by atoms with Crippen LogP contribution in [-0.4, -0.2) is 9.38 Å². The molecule has 0 radical (unpaired) electrons. The first-order valence-electron chi connectivity index (χ1n) is 15.0. The lowest BCUT2D eigenvalue weighted by molar-refractivity contribution is 0.661. The van der Waals surface area contributed by atoms with Crippen LogP contribution < -0.4 is 0 Å². The zero-order valence-electron chi connectivity index (χ0n) is 24.3. The molecule has 0 aliphatic heterocycles. The number of imidazole rings is 1. The lowest BCUT2D eigenvalue weighted by atomic mass is 9.81. The Kier molecular flexibility index (Phi) is 4.49. The average Bonchev–Trinajstić information content (AvgIpc) is 3.79. The van der Waals surface area contributed by atoms with Crippen molar-refractivity contribution in [3.05, 3.63) is 133 Å².